The van der Waals surface area contributed by atoms with E-state index in [0.717, 1.165) is 32.2 Å². The number of nitrogens with zero attached hydrogens (tertiary/aromatic N) is 1. The molecule has 0 bridgehead atoms. The summed E-state index contributed by atoms with van der Waals surface area (Å²) in [5.41, 5.74) is 5.94. The van der Waals surface area contributed by atoms with E-state index >= 15 is 0 Å². The molecule has 1 aromatic rings. The minimum atomic E-state index is -0.488. The lowest BCUT2D eigenvalue weighted by molar-refractivity contribution is 0.181. The van der Waals surface area contributed by atoms with Crippen LogP contribution in [0.4, 0.5) is 8.78 Å². The van der Waals surface area contributed by atoms with Crippen molar-refractivity contribution in [3.05, 3.63) is 35.4 Å². The van der Waals surface area contributed by atoms with E-state index in [1.54, 1.807) is 0 Å². The average molecular weight is 268 g/mol. The van der Waals surface area contributed by atoms with Crippen molar-refractivity contribution in [3.63, 3.8) is 0 Å². The van der Waals surface area contributed by atoms with Crippen molar-refractivity contribution >= 4 is 0 Å². The van der Waals surface area contributed by atoms with Crippen LogP contribution in [-0.4, -0.2) is 24.0 Å². The largest absolute Gasteiger partial charge is 0.329 e. The highest BCUT2D eigenvalue weighted by atomic mass is 19.1. The molecule has 19 heavy (non-hydrogen) atoms. The Morgan fingerprint density at radius 3 is 2.42 bits per heavy atom. The maximum absolute atomic E-state index is 13.9. The fraction of sp³-hybridized carbons (Fsp3) is 0.600. The minimum absolute atomic E-state index is 0.132. The van der Waals surface area contributed by atoms with Crippen LogP contribution in [0.3, 0.4) is 0 Å². The molecule has 0 spiro atoms. The summed E-state index contributed by atoms with van der Waals surface area (Å²) in [7, 11) is 0. The van der Waals surface area contributed by atoms with Crippen molar-refractivity contribution in [2.75, 3.05) is 13.1 Å². The predicted octanol–water partition coefficient (Wildman–Crippen LogP) is 3.23. The topological polar surface area (TPSA) is 29.3 Å². The number of hydrogen-bond donors (Lipinski definition) is 1. The normalized spacial score (nSPS) is 16.9. The van der Waals surface area contributed by atoms with Gasteiger partial charge in [0.1, 0.15) is 11.6 Å². The first kappa shape index (κ1) is 14.4. The summed E-state index contributed by atoms with van der Waals surface area (Å²) in [6.07, 6.45) is 4.32. The number of benzene rings is 1. The summed E-state index contributed by atoms with van der Waals surface area (Å²) in [5.74, 6) is -0.977. The average Bonchev–Trinajstić information content (AvgIpc) is 3.21. The zero-order valence-corrected chi connectivity index (χ0v) is 11.4. The Labute approximate surface area is 113 Å². The summed E-state index contributed by atoms with van der Waals surface area (Å²) in [6, 6.07) is 4.12. The van der Waals surface area contributed by atoms with Crippen LogP contribution in [0.5, 0.6) is 0 Å². The molecule has 0 amide bonds. The van der Waals surface area contributed by atoms with E-state index < -0.39 is 11.6 Å². The molecule has 0 aliphatic heterocycles. The van der Waals surface area contributed by atoms with Crippen molar-refractivity contribution in [3.8, 4) is 0 Å². The summed E-state index contributed by atoms with van der Waals surface area (Å²) in [5, 5.41) is 0. The van der Waals surface area contributed by atoms with E-state index in [0.29, 0.717) is 6.04 Å². The summed E-state index contributed by atoms with van der Waals surface area (Å²) in [6.45, 7) is 3.22. The molecule has 1 atom stereocenters. The van der Waals surface area contributed by atoms with Gasteiger partial charge in [-0.3, -0.25) is 4.90 Å². The Balaban J connectivity index is 2.25. The zero-order valence-electron chi connectivity index (χ0n) is 11.4. The van der Waals surface area contributed by atoms with Gasteiger partial charge in [-0.2, -0.15) is 0 Å². The molecule has 106 valence electrons. The molecule has 1 unspecified atom stereocenters. The van der Waals surface area contributed by atoms with E-state index in [-0.39, 0.29) is 18.2 Å². The molecule has 0 radical (unpaired) electrons. The molecule has 1 aromatic carbocycles. The van der Waals surface area contributed by atoms with Crippen molar-refractivity contribution in [1.29, 1.82) is 0 Å². The first-order valence-electron chi connectivity index (χ1n) is 7.08. The number of hydrogen-bond acceptors (Lipinski definition) is 2. The molecule has 2 N–H and O–H groups in total. The fourth-order valence-corrected chi connectivity index (χ4v) is 2.59. The van der Waals surface area contributed by atoms with E-state index in [4.69, 9.17) is 5.73 Å². The first-order chi connectivity index (χ1) is 9.19. The van der Waals surface area contributed by atoms with Crippen molar-refractivity contribution in [1.82, 2.24) is 4.90 Å². The highest BCUT2D eigenvalue weighted by Gasteiger charge is 2.35. The van der Waals surface area contributed by atoms with Gasteiger partial charge in [0.15, 0.2) is 0 Å². The smallest absolute Gasteiger partial charge is 0.130 e. The standard InChI is InChI=1S/C15H22F2N2/c1-2-3-9-19(11-7-8-11)14(10-18)15-12(16)5-4-6-13(15)17/h4-6,11,14H,2-3,7-10,18H2,1H3. The van der Waals surface area contributed by atoms with Gasteiger partial charge in [-0.15, -0.1) is 0 Å². The van der Waals surface area contributed by atoms with Crippen molar-refractivity contribution in [2.24, 2.45) is 5.73 Å². The molecule has 2 nitrogen and oxygen atoms in total. The maximum Gasteiger partial charge on any atom is 0.130 e. The van der Waals surface area contributed by atoms with E-state index in [1.807, 2.05) is 0 Å². The number of nitrogens with two attached hydrogens (primary N) is 1. The maximum atomic E-state index is 13.9. The third-order valence-corrected chi connectivity index (χ3v) is 3.74. The predicted molar refractivity (Wildman–Crippen MR) is 72.8 cm³/mol. The summed E-state index contributed by atoms with van der Waals surface area (Å²) in [4.78, 5) is 2.19. The molecular formula is C15H22F2N2. The SMILES string of the molecule is CCCCN(C1CC1)C(CN)c1c(F)cccc1F. The van der Waals surface area contributed by atoms with Gasteiger partial charge in [0.05, 0.1) is 6.04 Å². The van der Waals surface area contributed by atoms with Crippen molar-refractivity contribution < 1.29 is 8.78 Å². The Morgan fingerprint density at radius 2 is 1.95 bits per heavy atom. The lowest BCUT2D eigenvalue weighted by atomic mass is 10.0. The molecule has 1 aliphatic rings. The third kappa shape index (κ3) is 3.31. The molecule has 1 fully saturated rings. The van der Waals surface area contributed by atoms with Crippen LogP contribution in [0.15, 0.2) is 18.2 Å². The van der Waals surface area contributed by atoms with Crippen LogP contribution in [0.25, 0.3) is 0 Å². The second-order valence-corrected chi connectivity index (χ2v) is 5.21. The van der Waals surface area contributed by atoms with Crippen LogP contribution in [0.1, 0.15) is 44.2 Å². The molecule has 0 aromatic heterocycles. The van der Waals surface area contributed by atoms with Crippen LogP contribution in [0, 0.1) is 11.6 Å². The second-order valence-electron chi connectivity index (χ2n) is 5.21. The Kier molecular flexibility index (Phi) is 4.88. The van der Waals surface area contributed by atoms with Gasteiger partial charge in [-0.1, -0.05) is 19.4 Å². The molecule has 0 saturated heterocycles. The quantitative estimate of drug-likeness (QED) is 0.822. The number of rotatable bonds is 7. The summed E-state index contributed by atoms with van der Waals surface area (Å²) < 4.78 is 27.9. The van der Waals surface area contributed by atoms with Gasteiger partial charge in [0, 0.05) is 18.2 Å². The van der Waals surface area contributed by atoms with Crippen LogP contribution in [-0.2, 0) is 0 Å². The van der Waals surface area contributed by atoms with Gasteiger partial charge in [0.25, 0.3) is 0 Å². The van der Waals surface area contributed by atoms with E-state index in [1.165, 1.54) is 18.2 Å². The number of unbranched alkanes of at least 4 members (excludes halogenated alkanes) is 1. The lowest BCUT2D eigenvalue weighted by Gasteiger charge is -2.31. The minimum Gasteiger partial charge on any atom is -0.329 e. The molecule has 0 heterocycles. The molecule has 4 heteroatoms. The molecule has 2 rings (SSSR count). The lowest BCUT2D eigenvalue weighted by Crippen LogP contribution is -2.37. The molecule has 1 aliphatic carbocycles. The van der Waals surface area contributed by atoms with E-state index in [9.17, 15) is 8.78 Å². The van der Waals surface area contributed by atoms with E-state index in [2.05, 4.69) is 11.8 Å². The van der Waals surface area contributed by atoms with Crippen LogP contribution >= 0.6 is 0 Å². The fourth-order valence-electron chi connectivity index (χ4n) is 2.59. The van der Waals surface area contributed by atoms with Gasteiger partial charge in [-0.05, 0) is 37.9 Å². The Bertz CT molecular complexity index is 398. The highest BCUT2D eigenvalue weighted by Crippen LogP contribution is 2.35. The number of halogens is 2. The van der Waals surface area contributed by atoms with Crippen molar-refractivity contribution in [2.45, 2.75) is 44.7 Å². The monoisotopic (exact) mass is 268 g/mol. The summed E-state index contributed by atoms with van der Waals surface area (Å²) >= 11 is 0. The first-order valence-corrected chi connectivity index (χ1v) is 7.08. The molecule has 1 saturated carbocycles. The van der Waals surface area contributed by atoms with Gasteiger partial charge >= 0.3 is 0 Å². The van der Waals surface area contributed by atoms with Crippen LogP contribution in [0.2, 0.25) is 0 Å². The molecular weight excluding hydrogens is 246 g/mol. The van der Waals surface area contributed by atoms with Crippen LogP contribution < -0.4 is 5.73 Å². The zero-order chi connectivity index (χ0) is 13.8. The second kappa shape index (κ2) is 6.44. The Hall–Kier alpha value is -1.00. The highest BCUT2D eigenvalue weighted by molar-refractivity contribution is 5.24. The Morgan fingerprint density at radius 1 is 1.32 bits per heavy atom. The van der Waals surface area contributed by atoms with Gasteiger partial charge < -0.3 is 5.73 Å². The van der Waals surface area contributed by atoms with Gasteiger partial charge in [-0.25, -0.2) is 8.78 Å². The van der Waals surface area contributed by atoms with Gasteiger partial charge in [0.2, 0.25) is 0 Å². The third-order valence-electron chi connectivity index (χ3n) is 3.74.